The van der Waals surface area contributed by atoms with Crippen molar-refractivity contribution < 1.29 is 22.7 Å². The molecule has 0 spiro atoms. The SMILES string of the molecule is CCC[C@@H]1CC[C@@H]2[C@@H](O1)c1cc(C(=O)NS(=O)(=O)c3ccc(Cl)cc3)ccc1OC2(C)C. The summed E-state index contributed by atoms with van der Waals surface area (Å²) in [5.41, 5.74) is 0.646. The van der Waals surface area contributed by atoms with Crippen LogP contribution in [0.25, 0.3) is 0 Å². The van der Waals surface area contributed by atoms with Gasteiger partial charge < -0.3 is 9.47 Å². The molecule has 1 amide bonds. The number of sulfonamides is 1. The normalized spacial score (nSPS) is 24.1. The molecule has 1 saturated heterocycles. The third kappa shape index (κ3) is 4.51. The van der Waals surface area contributed by atoms with Crippen LogP contribution in [-0.4, -0.2) is 26.0 Å². The first-order valence-corrected chi connectivity index (χ1v) is 12.8. The summed E-state index contributed by atoms with van der Waals surface area (Å²) < 4.78 is 40.1. The molecule has 1 N–H and O–H groups in total. The average Bonchev–Trinajstić information content (AvgIpc) is 2.73. The smallest absolute Gasteiger partial charge is 0.265 e. The van der Waals surface area contributed by atoms with E-state index in [0.717, 1.165) is 31.2 Å². The number of nitrogens with one attached hydrogen (secondary N) is 1. The lowest BCUT2D eigenvalue weighted by atomic mass is 9.74. The fourth-order valence-corrected chi connectivity index (χ4v) is 5.74. The van der Waals surface area contributed by atoms with Crippen LogP contribution in [0.3, 0.4) is 0 Å². The van der Waals surface area contributed by atoms with Crippen LogP contribution in [0.2, 0.25) is 5.02 Å². The highest BCUT2D eigenvalue weighted by molar-refractivity contribution is 7.90. The molecule has 0 saturated carbocycles. The Hall–Kier alpha value is -2.09. The molecule has 32 heavy (non-hydrogen) atoms. The predicted molar refractivity (Wildman–Crippen MR) is 122 cm³/mol. The molecule has 3 atom stereocenters. The highest BCUT2D eigenvalue weighted by Crippen LogP contribution is 2.51. The lowest BCUT2D eigenvalue weighted by Crippen LogP contribution is -2.48. The van der Waals surface area contributed by atoms with E-state index in [-0.39, 0.29) is 28.6 Å². The van der Waals surface area contributed by atoms with Crippen LogP contribution in [0.4, 0.5) is 0 Å². The summed E-state index contributed by atoms with van der Waals surface area (Å²) in [6.45, 7) is 6.27. The number of hydrogen-bond donors (Lipinski definition) is 1. The average molecular weight is 478 g/mol. The summed E-state index contributed by atoms with van der Waals surface area (Å²) in [6.07, 6.45) is 3.96. The molecule has 2 aliphatic rings. The number of halogens is 1. The first kappa shape index (κ1) is 23.1. The Kier molecular flexibility index (Phi) is 6.27. The Balaban J connectivity index is 1.62. The molecular weight excluding hydrogens is 450 g/mol. The van der Waals surface area contributed by atoms with Crippen molar-refractivity contribution in [2.24, 2.45) is 5.92 Å². The number of rotatable bonds is 5. The Bertz CT molecular complexity index is 1110. The van der Waals surface area contributed by atoms with E-state index in [9.17, 15) is 13.2 Å². The van der Waals surface area contributed by atoms with E-state index in [0.29, 0.717) is 10.8 Å². The van der Waals surface area contributed by atoms with Crippen LogP contribution in [0.5, 0.6) is 5.75 Å². The molecule has 2 aliphatic heterocycles. The van der Waals surface area contributed by atoms with Crippen molar-refractivity contribution in [2.45, 2.75) is 69.2 Å². The second-order valence-electron chi connectivity index (χ2n) is 9.00. The monoisotopic (exact) mass is 477 g/mol. The third-order valence-electron chi connectivity index (χ3n) is 6.31. The Morgan fingerprint density at radius 2 is 1.88 bits per heavy atom. The minimum absolute atomic E-state index is 0.0311. The maximum Gasteiger partial charge on any atom is 0.265 e. The molecular formula is C24H28ClNO5S. The molecule has 0 aliphatic carbocycles. The summed E-state index contributed by atoms with van der Waals surface area (Å²) in [6, 6.07) is 10.6. The van der Waals surface area contributed by atoms with Gasteiger partial charge in [0.2, 0.25) is 0 Å². The summed E-state index contributed by atoms with van der Waals surface area (Å²) in [4.78, 5) is 12.8. The second-order valence-corrected chi connectivity index (χ2v) is 11.1. The minimum Gasteiger partial charge on any atom is -0.487 e. The van der Waals surface area contributed by atoms with E-state index >= 15 is 0 Å². The van der Waals surface area contributed by atoms with Crippen molar-refractivity contribution in [3.8, 4) is 5.75 Å². The predicted octanol–water partition coefficient (Wildman–Crippen LogP) is 5.27. The zero-order chi connectivity index (χ0) is 23.1. The summed E-state index contributed by atoms with van der Waals surface area (Å²) in [7, 11) is -4.02. The van der Waals surface area contributed by atoms with Gasteiger partial charge in [0.1, 0.15) is 11.4 Å². The number of carbonyl (C=O) groups is 1. The van der Waals surface area contributed by atoms with Crippen LogP contribution in [-0.2, 0) is 14.8 Å². The van der Waals surface area contributed by atoms with E-state index < -0.39 is 21.5 Å². The van der Waals surface area contributed by atoms with Gasteiger partial charge in [0, 0.05) is 22.1 Å². The molecule has 0 radical (unpaired) electrons. The molecule has 0 unspecified atom stereocenters. The number of fused-ring (bicyclic) bond motifs is 3. The molecule has 172 valence electrons. The Labute approximate surface area is 194 Å². The maximum absolute atomic E-state index is 12.8. The van der Waals surface area contributed by atoms with E-state index in [1.807, 2.05) is 0 Å². The van der Waals surface area contributed by atoms with E-state index in [2.05, 4.69) is 25.5 Å². The van der Waals surface area contributed by atoms with Gasteiger partial charge in [0.05, 0.1) is 17.1 Å². The fraction of sp³-hybridized carbons (Fsp3) is 0.458. The first-order chi connectivity index (χ1) is 15.1. The molecule has 2 aromatic rings. The van der Waals surface area contributed by atoms with Crippen LogP contribution in [0, 0.1) is 5.92 Å². The van der Waals surface area contributed by atoms with Gasteiger partial charge in [-0.05, 0) is 75.6 Å². The van der Waals surface area contributed by atoms with Crippen molar-refractivity contribution >= 4 is 27.5 Å². The highest BCUT2D eigenvalue weighted by atomic mass is 35.5. The van der Waals surface area contributed by atoms with Gasteiger partial charge in [-0.1, -0.05) is 24.9 Å². The number of amides is 1. The van der Waals surface area contributed by atoms with Crippen LogP contribution < -0.4 is 9.46 Å². The van der Waals surface area contributed by atoms with E-state index in [4.69, 9.17) is 21.1 Å². The van der Waals surface area contributed by atoms with E-state index in [1.54, 1.807) is 18.2 Å². The fourth-order valence-electron chi connectivity index (χ4n) is 4.64. The van der Waals surface area contributed by atoms with Gasteiger partial charge >= 0.3 is 0 Å². The quantitative estimate of drug-likeness (QED) is 0.634. The van der Waals surface area contributed by atoms with Crippen molar-refractivity contribution in [3.05, 3.63) is 58.6 Å². The number of hydrogen-bond acceptors (Lipinski definition) is 5. The lowest BCUT2D eigenvalue weighted by molar-refractivity contribution is -0.151. The maximum atomic E-state index is 12.8. The number of benzene rings is 2. The molecule has 4 rings (SSSR count). The third-order valence-corrected chi connectivity index (χ3v) is 7.91. The molecule has 0 bridgehead atoms. The summed E-state index contributed by atoms with van der Waals surface area (Å²) in [5.74, 6) is 0.120. The van der Waals surface area contributed by atoms with Gasteiger partial charge in [-0.3, -0.25) is 4.79 Å². The van der Waals surface area contributed by atoms with Crippen molar-refractivity contribution in [2.75, 3.05) is 0 Å². The largest absolute Gasteiger partial charge is 0.487 e. The number of ether oxygens (including phenoxy) is 2. The van der Waals surface area contributed by atoms with Gasteiger partial charge in [0.15, 0.2) is 0 Å². The zero-order valence-corrected chi connectivity index (χ0v) is 20.0. The summed E-state index contributed by atoms with van der Waals surface area (Å²) in [5, 5.41) is 0.413. The van der Waals surface area contributed by atoms with Crippen LogP contribution >= 0.6 is 11.6 Å². The number of carbonyl (C=O) groups excluding carboxylic acids is 1. The van der Waals surface area contributed by atoms with Crippen LogP contribution in [0.1, 0.15) is 68.5 Å². The van der Waals surface area contributed by atoms with Gasteiger partial charge in [0.25, 0.3) is 15.9 Å². The molecule has 6 nitrogen and oxygen atoms in total. The first-order valence-electron chi connectivity index (χ1n) is 10.9. The van der Waals surface area contributed by atoms with Gasteiger partial charge in [-0.25, -0.2) is 13.1 Å². The lowest BCUT2D eigenvalue weighted by Gasteiger charge is -2.48. The molecule has 2 aromatic carbocycles. The van der Waals surface area contributed by atoms with Crippen molar-refractivity contribution in [3.63, 3.8) is 0 Å². The van der Waals surface area contributed by atoms with Crippen molar-refractivity contribution in [1.29, 1.82) is 0 Å². The molecule has 8 heteroatoms. The standard InChI is InChI=1S/C24H28ClNO5S/c1-4-5-17-9-12-20-22(30-17)19-14-15(6-13-21(19)31-24(20,2)3)23(27)26-32(28,29)18-10-7-16(25)8-11-18/h6-8,10-11,13-14,17,20,22H,4-5,9,12H2,1-3H3,(H,26,27)/t17-,20-,22+/m1/s1. The van der Waals surface area contributed by atoms with Crippen molar-refractivity contribution in [1.82, 2.24) is 4.72 Å². The minimum atomic E-state index is -4.02. The second kappa shape index (κ2) is 8.69. The Morgan fingerprint density at radius 1 is 1.16 bits per heavy atom. The molecule has 1 fully saturated rings. The van der Waals surface area contributed by atoms with Gasteiger partial charge in [-0.15, -0.1) is 0 Å². The summed E-state index contributed by atoms with van der Waals surface area (Å²) >= 11 is 5.83. The topological polar surface area (TPSA) is 81.7 Å². The Morgan fingerprint density at radius 3 is 2.56 bits per heavy atom. The highest BCUT2D eigenvalue weighted by Gasteiger charge is 2.47. The van der Waals surface area contributed by atoms with E-state index in [1.165, 1.54) is 24.3 Å². The van der Waals surface area contributed by atoms with Gasteiger partial charge in [-0.2, -0.15) is 0 Å². The molecule has 2 heterocycles. The zero-order valence-electron chi connectivity index (χ0n) is 18.4. The molecule has 0 aromatic heterocycles. The van der Waals surface area contributed by atoms with Crippen LogP contribution in [0.15, 0.2) is 47.4 Å².